The zero-order valence-electron chi connectivity index (χ0n) is 9.22. The minimum Gasteiger partial charge on any atom is -0.303 e. The summed E-state index contributed by atoms with van der Waals surface area (Å²) in [7, 11) is 0. The summed E-state index contributed by atoms with van der Waals surface area (Å²) in [5, 5.41) is 0. The van der Waals surface area contributed by atoms with Gasteiger partial charge in [0.1, 0.15) is 5.78 Å². The first-order chi connectivity index (χ1) is 6.70. The van der Waals surface area contributed by atoms with Gasteiger partial charge in [-0.3, -0.25) is 4.79 Å². The van der Waals surface area contributed by atoms with Crippen LogP contribution in [-0.4, -0.2) is 30.3 Å². The van der Waals surface area contributed by atoms with E-state index in [1.807, 2.05) is 0 Å². The second-order valence-corrected chi connectivity index (χ2v) is 5.15. The van der Waals surface area contributed by atoms with Crippen molar-refractivity contribution in [1.29, 1.82) is 0 Å². The predicted molar refractivity (Wildman–Crippen MR) is 57.3 cm³/mol. The van der Waals surface area contributed by atoms with Gasteiger partial charge in [-0.25, -0.2) is 0 Å². The Kier molecular flexibility index (Phi) is 2.91. The molecule has 0 aromatic rings. The summed E-state index contributed by atoms with van der Waals surface area (Å²) in [4.78, 5) is 13.3. The highest BCUT2D eigenvalue weighted by molar-refractivity contribution is 5.75. The number of hydrogen-bond donors (Lipinski definition) is 0. The largest absolute Gasteiger partial charge is 0.303 e. The Balaban J connectivity index is 1.70. The molecule has 2 nitrogen and oxygen atoms in total. The fourth-order valence-electron chi connectivity index (χ4n) is 2.74. The van der Waals surface area contributed by atoms with Crippen LogP contribution in [0.15, 0.2) is 0 Å². The van der Waals surface area contributed by atoms with Crippen LogP contribution in [0.3, 0.4) is 0 Å². The maximum Gasteiger partial charge on any atom is 0.131 e. The van der Waals surface area contributed by atoms with Crippen molar-refractivity contribution in [3.63, 3.8) is 0 Å². The number of rotatable bonds is 3. The fourth-order valence-corrected chi connectivity index (χ4v) is 2.74. The number of nitrogens with zero attached hydrogens (tertiary/aromatic N) is 1. The average molecular weight is 195 g/mol. The molecular formula is C12H21NO. The van der Waals surface area contributed by atoms with Crippen LogP contribution in [0.25, 0.3) is 0 Å². The summed E-state index contributed by atoms with van der Waals surface area (Å²) in [5.41, 5.74) is 0.743. The molecule has 1 aliphatic carbocycles. The van der Waals surface area contributed by atoms with Crippen molar-refractivity contribution in [3.8, 4) is 0 Å². The summed E-state index contributed by atoms with van der Waals surface area (Å²) in [6, 6.07) is 0. The van der Waals surface area contributed by atoms with Crippen LogP contribution in [0.5, 0.6) is 0 Å². The van der Waals surface area contributed by atoms with Crippen molar-refractivity contribution < 1.29 is 4.79 Å². The van der Waals surface area contributed by atoms with Crippen molar-refractivity contribution >= 4 is 5.78 Å². The molecule has 1 saturated heterocycles. The van der Waals surface area contributed by atoms with Gasteiger partial charge >= 0.3 is 0 Å². The van der Waals surface area contributed by atoms with Crippen LogP contribution in [-0.2, 0) is 4.79 Å². The lowest BCUT2D eigenvalue weighted by Crippen LogP contribution is -2.44. The average Bonchev–Trinajstić information content (AvgIpc) is 2.13. The molecule has 0 aromatic heterocycles. The van der Waals surface area contributed by atoms with E-state index < -0.39 is 0 Å². The van der Waals surface area contributed by atoms with E-state index in [2.05, 4.69) is 4.90 Å². The third kappa shape index (κ3) is 2.17. The first kappa shape index (κ1) is 10.2. The molecule has 14 heavy (non-hydrogen) atoms. The fraction of sp³-hybridized carbons (Fsp3) is 0.917. The molecule has 2 heteroatoms. The molecule has 0 bridgehead atoms. The zero-order valence-corrected chi connectivity index (χ0v) is 9.22. The molecule has 0 amide bonds. The van der Waals surface area contributed by atoms with Gasteiger partial charge in [-0.15, -0.1) is 0 Å². The first-order valence-corrected chi connectivity index (χ1v) is 5.92. The Labute approximate surface area is 86.7 Å². The first-order valence-electron chi connectivity index (χ1n) is 5.92. The van der Waals surface area contributed by atoms with Crippen LogP contribution >= 0.6 is 0 Å². The van der Waals surface area contributed by atoms with Crippen molar-refractivity contribution in [1.82, 2.24) is 4.90 Å². The Morgan fingerprint density at radius 2 is 1.86 bits per heavy atom. The summed E-state index contributed by atoms with van der Waals surface area (Å²) in [5.74, 6) is 0.328. The van der Waals surface area contributed by atoms with E-state index in [1.165, 1.54) is 45.2 Å². The number of Topliss-reactive ketones (excluding diaryl/α,β-unsaturated/α-hetero) is 1. The van der Waals surface area contributed by atoms with E-state index in [4.69, 9.17) is 0 Å². The molecule has 1 spiro atoms. The van der Waals surface area contributed by atoms with Crippen LogP contribution in [0, 0.1) is 5.41 Å². The summed E-state index contributed by atoms with van der Waals surface area (Å²) < 4.78 is 0. The summed E-state index contributed by atoms with van der Waals surface area (Å²) in [6.45, 7) is 5.14. The quantitative estimate of drug-likeness (QED) is 0.688. The lowest BCUT2D eigenvalue weighted by atomic mass is 9.63. The molecule has 2 fully saturated rings. The SMILES string of the molecule is CC(=O)CCN1CCC2(CCC2)CC1. The highest BCUT2D eigenvalue weighted by atomic mass is 16.1. The van der Waals surface area contributed by atoms with Gasteiger partial charge < -0.3 is 4.90 Å². The second-order valence-electron chi connectivity index (χ2n) is 5.15. The third-order valence-corrected chi connectivity index (χ3v) is 4.11. The van der Waals surface area contributed by atoms with Gasteiger partial charge in [0.25, 0.3) is 0 Å². The molecule has 2 aliphatic rings. The van der Waals surface area contributed by atoms with Crippen LogP contribution in [0.4, 0.5) is 0 Å². The number of likely N-dealkylation sites (tertiary alicyclic amines) is 1. The van der Waals surface area contributed by atoms with E-state index in [0.717, 1.165) is 18.4 Å². The molecule has 1 heterocycles. The zero-order chi connectivity index (χ0) is 10.0. The van der Waals surface area contributed by atoms with Gasteiger partial charge in [-0.1, -0.05) is 6.42 Å². The lowest BCUT2D eigenvalue weighted by molar-refractivity contribution is -0.117. The van der Waals surface area contributed by atoms with Crippen LogP contribution in [0.1, 0.15) is 45.4 Å². The van der Waals surface area contributed by atoms with Gasteiger partial charge in [0.15, 0.2) is 0 Å². The van der Waals surface area contributed by atoms with E-state index in [9.17, 15) is 4.79 Å². The van der Waals surface area contributed by atoms with E-state index in [1.54, 1.807) is 6.92 Å². The summed E-state index contributed by atoms with van der Waals surface area (Å²) >= 11 is 0. The molecule has 0 aromatic carbocycles. The second kappa shape index (κ2) is 4.01. The number of ketones is 1. The van der Waals surface area contributed by atoms with Gasteiger partial charge in [0.2, 0.25) is 0 Å². The number of hydrogen-bond acceptors (Lipinski definition) is 2. The van der Waals surface area contributed by atoms with Gasteiger partial charge in [0.05, 0.1) is 0 Å². The molecule has 0 N–H and O–H groups in total. The number of carbonyl (C=O) groups is 1. The molecule has 0 radical (unpaired) electrons. The Morgan fingerprint density at radius 3 is 2.29 bits per heavy atom. The highest BCUT2D eigenvalue weighted by Crippen LogP contribution is 2.48. The van der Waals surface area contributed by atoms with Gasteiger partial charge in [-0.05, 0) is 51.1 Å². The smallest absolute Gasteiger partial charge is 0.131 e. The molecule has 80 valence electrons. The minimum absolute atomic E-state index is 0.328. The molecule has 0 unspecified atom stereocenters. The number of piperidine rings is 1. The minimum atomic E-state index is 0.328. The standard InChI is InChI=1S/C12H21NO/c1-11(14)3-8-13-9-6-12(7-10-13)4-2-5-12/h2-10H2,1H3. The molecular weight excluding hydrogens is 174 g/mol. The van der Waals surface area contributed by atoms with E-state index in [-0.39, 0.29) is 0 Å². The van der Waals surface area contributed by atoms with Gasteiger partial charge in [-0.2, -0.15) is 0 Å². The topological polar surface area (TPSA) is 20.3 Å². The maximum absolute atomic E-state index is 10.9. The Hall–Kier alpha value is -0.370. The van der Waals surface area contributed by atoms with Crippen molar-refractivity contribution in [2.45, 2.75) is 45.4 Å². The van der Waals surface area contributed by atoms with Crippen molar-refractivity contribution in [2.75, 3.05) is 19.6 Å². The third-order valence-electron chi connectivity index (χ3n) is 4.11. The molecule has 2 rings (SSSR count). The molecule has 1 aliphatic heterocycles. The monoisotopic (exact) mass is 195 g/mol. The maximum atomic E-state index is 10.9. The van der Waals surface area contributed by atoms with E-state index >= 15 is 0 Å². The molecule has 1 saturated carbocycles. The normalized spacial score (nSPS) is 26.1. The van der Waals surface area contributed by atoms with Crippen LogP contribution in [0.2, 0.25) is 0 Å². The molecule has 0 atom stereocenters. The number of carbonyl (C=O) groups excluding carboxylic acids is 1. The Bertz CT molecular complexity index is 210. The van der Waals surface area contributed by atoms with E-state index in [0.29, 0.717) is 5.78 Å². The predicted octanol–water partition coefficient (Wildman–Crippen LogP) is 2.23. The van der Waals surface area contributed by atoms with Crippen LogP contribution < -0.4 is 0 Å². The Morgan fingerprint density at radius 1 is 1.21 bits per heavy atom. The lowest BCUT2D eigenvalue weighted by Gasteiger charge is -2.48. The van der Waals surface area contributed by atoms with Crippen molar-refractivity contribution in [2.24, 2.45) is 5.41 Å². The summed E-state index contributed by atoms with van der Waals surface area (Å²) in [6.07, 6.45) is 7.89. The van der Waals surface area contributed by atoms with Gasteiger partial charge in [0, 0.05) is 13.0 Å². The van der Waals surface area contributed by atoms with Crippen molar-refractivity contribution in [3.05, 3.63) is 0 Å². The highest BCUT2D eigenvalue weighted by Gasteiger charge is 2.39.